The third-order valence-corrected chi connectivity index (χ3v) is 2.58. The Balaban J connectivity index is 2.45. The van der Waals surface area contributed by atoms with Crippen LogP contribution in [-0.4, -0.2) is 56.1 Å². The minimum atomic E-state index is -0.659. The smallest absolute Gasteiger partial charge is 0.169 e. The number of hydrogen-bond acceptors (Lipinski definition) is 4. The number of aliphatic hydroxyl groups is 1. The lowest BCUT2D eigenvalue weighted by Gasteiger charge is -2.22. The van der Waals surface area contributed by atoms with E-state index < -0.39 is 6.29 Å². The van der Waals surface area contributed by atoms with Crippen LogP contribution in [0.25, 0.3) is 0 Å². The summed E-state index contributed by atoms with van der Waals surface area (Å²) in [7, 11) is 5.48. The number of aliphatic hydroxyl groups excluding tert-OH is 1. The molecule has 12 heavy (non-hydrogen) atoms. The SMILES string of the molecule is CN[C@@H]1C[C@@H](C(O)OC)N(C)C1. The molecule has 1 aliphatic heterocycles. The van der Waals surface area contributed by atoms with Crippen molar-refractivity contribution < 1.29 is 9.84 Å². The Bertz CT molecular complexity index is 143. The summed E-state index contributed by atoms with van der Waals surface area (Å²) < 4.78 is 4.88. The van der Waals surface area contributed by atoms with Crippen LogP contribution < -0.4 is 5.32 Å². The maximum absolute atomic E-state index is 9.45. The molecule has 1 unspecified atom stereocenters. The fraction of sp³-hybridized carbons (Fsp3) is 1.00. The van der Waals surface area contributed by atoms with Crippen LogP contribution in [0.4, 0.5) is 0 Å². The minimum Gasteiger partial charge on any atom is -0.367 e. The first-order valence-electron chi connectivity index (χ1n) is 4.27. The molecule has 4 nitrogen and oxygen atoms in total. The lowest BCUT2D eigenvalue weighted by Crippen LogP contribution is -2.37. The first kappa shape index (κ1) is 9.92. The van der Waals surface area contributed by atoms with Crippen molar-refractivity contribution in [3.05, 3.63) is 0 Å². The largest absolute Gasteiger partial charge is 0.367 e. The molecule has 1 fully saturated rings. The van der Waals surface area contributed by atoms with Crippen molar-refractivity contribution in [3.63, 3.8) is 0 Å². The second-order valence-electron chi connectivity index (χ2n) is 3.35. The summed E-state index contributed by atoms with van der Waals surface area (Å²) in [5, 5.41) is 12.6. The van der Waals surface area contributed by atoms with Gasteiger partial charge in [-0.3, -0.25) is 4.90 Å². The summed E-state index contributed by atoms with van der Waals surface area (Å²) >= 11 is 0. The van der Waals surface area contributed by atoms with Gasteiger partial charge in [-0.05, 0) is 20.5 Å². The number of ether oxygens (including phenoxy) is 1. The van der Waals surface area contributed by atoms with Crippen LogP contribution >= 0.6 is 0 Å². The summed E-state index contributed by atoms with van der Waals surface area (Å²) in [5.41, 5.74) is 0. The molecule has 1 saturated heterocycles. The molecule has 0 aromatic rings. The Morgan fingerprint density at radius 3 is 2.75 bits per heavy atom. The van der Waals surface area contributed by atoms with Gasteiger partial charge in [-0.25, -0.2) is 0 Å². The lowest BCUT2D eigenvalue weighted by molar-refractivity contribution is -0.113. The van der Waals surface area contributed by atoms with E-state index in [1.165, 1.54) is 7.11 Å². The molecule has 0 radical (unpaired) electrons. The zero-order valence-corrected chi connectivity index (χ0v) is 7.95. The number of nitrogens with zero attached hydrogens (tertiary/aromatic N) is 1. The fourth-order valence-electron chi connectivity index (χ4n) is 1.73. The molecule has 1 rings (SSSR count). The highest BCUT2D eigenvalue weighted by Crippen LogP contribution is 2.18. The number of rotatable bonds is 3. The first-order chi connectivity index (χ1) is 5.69. The fourth-order valence-corrected chi connectivity index (χ4v) is 1.73. The third kappa shape index (κ3) is 1.95. The molecular formula is C8H18N2O2. The van der Waals surface area contributed by atoms with Gasteiger partial charge >= 0.3 is 0 Å². The van der Waals surface area contributed by atoms with Gasteiger partial charge < -0.3 is 15.2 Å². The summed E-state index contributed by atoms with van der Waals surface area (Å²) in [5.74, 6) is 0. The summed E-state index contributed by atoms with van der Waals surface area (Å²) in [6.07, 6.45) is 0.287. The quantitative estimate of drug-likeness (QED) is 0.552. The van der Waals surface area contributed by atoms with Gasteiger partial charge in [0.15, 0.2) is 6.29 Å². The molecule has 72 valence electrons. The number of methoxy groups -OCH3 is 1. The molecular weight excluding hydrogens is 156 g/mol. The van der Waals surface area contributed by atoms with Gasteiger partial charge in [-0.1, -0.05) is 0 Å². The van der Waals surface area contributed by atoms with Crippen molar-refractivity contribution in [1.82, 2.24) is 10.2 Å². The molecule has 0 amide bonds. The molecule has 3 atom stereocenters. The topological polar surface area (TPSA) is 44.7 Å². The highest BCUT2D eigenvalue weighted by molar-refractivity contribution is 4.88. The molecule has 0 bridgehead atoms. The van der Waals surface area contributed by atoms with E-state index in [9.17, 15) is 5.11 Å². The molecule has 0 spiro atoms. The first-order valence-corrected chi connectivity index (χ1v) is 4.27. The van der Waals surface area contributed by atoms with Crippen molar-refractivity contribution >= 4 is 0 Å². The maximum atomic E-state index is 9.45. The summed E-state index contributed by atoms with van der Waals surface area (Å²) in [6, 6.07) is 0.609. The Hall–Kier alpha value is -0.160. The van der Waals surface area contributed by atoms with Crippen LogP contribution in [0.2, 0.25) is 0 Å². The van der Waals surface area contributed by atoms with Gasteiger partial charge in [-0.2, -0.15) is 0 Å². The monoisotopic (exact) mass is 174 g/mol. The number of likely N-dealkylation sites (N-methyl/N-ethyl adjacent to an activating group) is 2. The van der Waals surface area contributed by atoms with Gasteiger partial charge in [-0.15, -0.1) is 0 Å². The van der Waals surface area contributed by atoms with Gasteiger partial charge in [0.05, 0.1) is 6.04 Å². The standard InChI is InChI=1S/C8H18N2O2/c1-9-6-4-7(8(11)12-3)10(2)5-6/h6-9,11H,4-5H2,1-3H3/t6-,7+,8?/m1/s1. The van der Waals surface area contributed by atoms with E-state index in [4.69, 9.17) is 4.74 Å². The van der Waals surface area contributed by atoms with Crippen LogP contribution in [0.15, 0.2) is 0 Å². The van der Waals surface area contributed by atoms with Crippen LogP contribution in [0.1, 0.15) is 6.42 Å². The minimum absolute atomic E-state index is 0.132. The molecule has 0 saturated carbocycles. The van der Waals surface area contributed by atoms with E-state index in [1.54, 1.807) is 0 Å². The van der Waals surface area contributed by atoms with Crippen molar-refractivity contribution in [2.45, 2.75) is 24.8 Å². The van der Waals surface area contributed by atoms with Crippen LogP contribution in [0.3, 0.4) is 0 Å². The van der Waals surface area contributed by atoms with E-state index in [0.717, 1.165) is 13.0 Å². The molecule has 0 aromatic heterocycles. The average molecular weight is 174 g/mol. The van der Waals surface area contributed by atoms with E-state index in [-0.39, 0.29) is 6.04 Å². The summed E-state index contributed by atoms with van der Waals surface area (Å²) in [6.45, 7) is 0.974. The van der Waals surface area contributed by atoms with E-state index >= 15 is 0 Å². The predicted molar refractivity (Wildman–Crippen MR) is 46.9 cm³/mol. The number of likely N-dealkylation sites (tertiary alicyclic amines) is 1. The van der Waals surface area contributed by atoms with Gasteiger partial charge in [0.25, 0.3) is 0 Å². The molecule has 1 heterocycles. The highest BCUT2D eigenvalue weighted by Gasteiger charge is 2.33. The summed E-state index contributed by atoms with van der Waals surface area (Å²) in [4.78, 5) is 2.12. The van der Waals surface area contributed by atoms with Gasteiger partial charge in [0.1, 0.15) is 0 Å². The number of hydrogen-bond donors (Lipinski definition) is 2. The Kier molecular flexibility index (Phi) is 3.46. The zero-order chi connectivity index (χ0) is 9.14. The predicted octanol–water partition coefficient (Wildman–Crippen LogP) is -0.757. The van der Waals surface area contributed by atoms with Crippen molar-refractivity contribution in [2.75, 3.05) is 27.7 Å². The molecule has 0 aliphatic carbocycles. The third-order valence-electron chi connectivity index (χ3n) is 2.58. The van der Waals surface area contributed by atoms with Crippen LogP contribution in [0, 0.1) is 0 Å². The number of nitrogens with one attached hydrogen (secondary N) is 1. The lowest BCUT2D eigenvalue weighted by atomic mass is 10.1. The van der Waals surface area contributed by atoms with E-state index in [2.05, 4.69) is 10.2 Å². The Labute approximate surface area is 73.5 Å². The molecule has 2 N–H and O–H groups in total. The maximum Gasteiger partial charge on any atom is 0.169 e. The zero-order valence-electron chi connectivity index (χ0n) is 7.95. The molecule has 1 aliphatic rings. The average Bonchev–Trinajstić information content (AvgIpc) is 2.45. The Morgan fingerprint density at radius 1 is 1.67 bits per heavy atom. The van der Waals surface area contributed by atoms with E-state index in [0.29, 0.717) is 6.04 Å². The molecule has 0 aromatic carbocycles. The molecule has 4 heteroatoms. The second-order valence-corrected chi connectivity index (χ2v) is 3.35. The van der Waals surface area contributed by atoms with Crippen LogP contribution in [0.5, 0.6) is 0 Å². The van der Waals surface area contributed by atoms with Gasteiger partial charge in [0, 0.05) is 19.7 Å². The Morgan fingerprint density at radius 2 is 2.33 bits per heavy atom. The van der Waals surface area contributed by atoms with Crippen molar-refractivity contribution in [1.29, 1.82) is 0 Å². The van der Waals surface area contributed by atoms with Gasteiger partial charge in [0.2, 0.25) is 0 Å². The second kappa shape index (κ2) is 4.18. The van der Waals surface area contributed by atoms with E-state index in [1.807, 2.05) is 14.1 Å². The highest BCUT2D eigenvalue weighted by atomic mass is 16.6. The van der Waals surface area contributed by atoms with Crippen molar-refractivity contribution in [3.8, 4) is 0 Å². The van der Waals surface area contributed by atoms with Crippen LogP contribution in [-0.2, 0) is 4.74 Å². The van der Waals surface area contributed by atoms with Crippen molar-refractivity contribution in [2.24, 2.45) is 0 Å². The normalized spacial score (nSPS) is 34.0.